The molecule has 1 aromatic heterocycles. The van der Waals surface area contributed by atoms with E-state index < -0.39 is 0 Å². The molecule has 1 atom stereocenters. The van der Waals surface area contributed by atoms with Crippen molar-refractivity contribution in [3.05, 3.63) is 48.0 Å². The molecule has 4 nitrogen and oxygen atoms in total. The predicted molar refractivity (Wildman–Crippen MR) is 68.3 cm³/mol. The fourth-order valence-electron chi connectivity index (χ4n) is 1.86. The number of rotatable bonds is 4. The summed E-state index contributed by atoms with van der Waals surface area (Å²) in [7, 11) is 1.89. The Labute approximate surface area is 106 Å². The molecule has 1 unspecified atom stereocenters. The lowest BCUT2D eigenvalue weighted by Gasteiger charge is -2.10. The van der Waals surface area contributed by atoms with E-state index in [2.05, 4.69) is 11.1 Å². The molecule has 0 amide bonds. The van der Waals surface area contributed by atoms with Crippen molar-refractivity contribution in [3.63, 3.8) is 0 Å². The summed E-state index contributed by atoms with van der Waals surface area (Å²) in [5, 5.41) is 9.31. The van der Waals surface area contributed by atoms with Crippen molar-refractivity contribution in [2.24, 2.45) is 7.05 Å². The number of hydrogen-bond donors (Lipinski definition) is 0. The molecule has 2 aromatic rings. The molecule has 0 saturated heterocycles. The van der Waals surface area contributed by atoms with Gasteiger partial charge in [0.15, 0.2) is 0 Å². The van der Waals surface area contributed by atoms with E-state index in [1.54, 1.807) is 6.20 Å². The molecule has 1 aromatic carbocycles. The van der Waals surface area contributed by atoms with Crippen molar-refractivity contribution in [1.82, 2.24) is 9.55 Å². The van der Waals surface area contributed by atoms with Crippen LogP contribution in [0.15, 0.2) is 36.7 Å². The average molecular weight is 241 g/mol. The van der Waals surface area contributed by atoms with Gasteiger partial charge in [-0.3, -0.25) is 0 Å². The highest BCUT2D eigenvalue weighted by molar-refractivity contribution is 5.36. The maximum atomic E-state index is 9.31. The molecule has 2 rings (SSSR count). The van der Waals surface area contributed by atoms with Gasteiger partial charge in [0.1, 0.15) is 17.5 Å². The second-order valence-corrected chi connectivity index (χ2v) is 3.96. The third-order valence-corrected chi connectivity index (χ3v) is 2.77. The van der Waals surface area contributed by atoms with Gasteiger partial charge in [-0.25, -0.2) is 4.98 Å². The lowest BCUT2D eigenvalue weighted by atomic mass is 10.00. The molecule has 0 saturated carbocycles. The predicted octanol–water partition coefficient (Wildman–Crippen LogP) is 2.47. The number of hydrogen-bond acceptors (Lipinski definition) is 3. The van der Waals surface area contributed by atoms with Crippen LogP contribution in [0.5, 0.6) is 5.75 Å². The second kappa shape index (κ2) is 5.37. The third kappa shape index (κ3) is 2.35. The molecule has 0 N–H and O–H groups in total. The minimum absolute atomic E-state index is 0.347. The maximum absolute atomic E-state index is 9.31. The quantitative estimate of drug-likeness (QED) is 0.826. The van der Waals surface area contributed by atoms with Gasteiger partial charge in [-0.2, -0.15) is 5.26 Å². The van der Waals surface area contributed by atoms with E-state index in [9.17, 15) is 5.26 Å². The number of nitrogens with zero attached hydrogens (tertiary/aromatic N) is 3. The summed E-state index contributed by atoms with van der Waals surface area (Å²) >= 11 is 0. The van der Waals surface area contributed by atoms with Crippen molar-refractivity contribution >= 4 is 0 Å². The van der Waals surface area contributed by atoms with E-state index in [0.29, 0.717) is 6.61 Å². The van der Waals surface area contributed by atoms with Gasteiger partial charge in [0.2, 0.25) is 0 Å². The van der Waals surface area contributed by atoms with Gasteiger partial charge in [0, 0.05) is 19.4 Å². The zero-order valence-corrected chi connectivity index (χ0v) is 10.5. The molecule has 1 heterocycles. The minimum Gasteiger partial charge on any atom is -0.494 e. The molecule has 0 spiro atoms. The van der Waals surface area contributed by atoms with E-state index in [-0.39, 0.29) is 5.92 Å². The fraction of sp³-hybridized carbons (Fsp3) is 0.286. The normalized spacial score (nSPS) is 11.8. The summed E-state index contributed by atoms with van der Waals surface area (Å²) in [5.41, 5.74) is 0.926. The largest absolute Gasteiger partial charge is 0.494 e. The van der Waals surface area contributed by atoms with Gasteiger partial charge in [-0.1, -0.05) is 12.1 Å². The van der Waals surface area contributed by atoms with E-state index in [4.69, 9.17) is 4.74 Å². The highest BCUT2D eigenvalue weighted by Gasteiger charge is 2.17. The van der Waals surface area contributed by atoms with Crippen molar-refractivity contribution in [2.75, 3.05) is 6.61 Å². The van der Waals surface area contributed by atoms with Crippen molar-refractivity contribution < 1.29 is 4.74 Å². The third-order valence-electron chi connectivity index (χ3n) is 2.77. The van der Waals surface area contributed by atoms with Gasteiger partial charge in [0.05, 0.1) is 12.7 Å². The van der Waals surface area contributed by atoms with Crippen LogP contribution in [0.25, 0.3) is 0 Å². The molecule has 18 heavy (non-hydrogen) atoms. The van der Waals surface area contributed by atoms with Crippen LogP contribution in [0.1, 0.15) is 24.2 Å². The maximum Gasteiger partial charge on any atom is 0.130 e. The van der Waals surface area contributed by atoms with Crippen LogP contribution in [-0.2, 0) is 7.05 Å². The molecule has 0 radical (unpaired) electrons. The van der Waals surface area contributed by atoms with Crippen molar-refractivity contribution in [3.8, 4) is 11.8 Å². The Morgan fingerprint density at radius 3 is 2.61 bits per heavy atom. The molecular weight excluding hydrogens is 226 g/mol. The monoisotopic (exact) mass is 241 g/mol. The Balaban J connectivity index is 2.29. The lowest BCUT2D eigenvalue weighted by molar-refractivity contribution is 0.340. The molecular formula is C14H15N3O. The first-order chi connectivity index (χ1) is 8.76. The van der Waals surface area contributed by atoms with Gasteiger partial charge in [0.25, 0.3) is 0 Å². The number of benzene rings is 1. The molecule has 0 aliphatic rings. The van der Waals surface area contributed by atoms with Crippen LogP contribution in [-0.4, -0.2) is 16.2 Å². The zero-order chi connectivity index (χ0) is 13.0. The minimum atomic E-state index is -0.347. The summed E-state index contributed by atoms with van der Waals surface area (Å²) in [6.45, 7) is 2.58. The molecule has 4 heteroatoms. The number of nitriles is 1. The summed E-state index contributed by atoms with van der Waals surface area (Å²) in [6.07, 6.45) is 3.54. The standard InChI is InChI=1S/C14H15N3O/c1-3-18-12-6-4-11(5-7-12)13(10-15)14-16-8-9-17(14)2/h4-9,13H,3H2,1-2H3. The van der Waals surface area contributed by atoms with Crippen LogP contribution in [0.4, 0.5) is 0 Å². The Kier molecular flexibility index (Phi) is 3.63. The first kappa shape index (κ1) is 12.2. The summed E-state index contributed by atoms with van der Waals surface area (Å²) in [6, 6.07) is 9.87. The van der Waals surface area contributed by atoms with Crippen LogP contribution < -0.4 is 4.74 Å². The van der Waals surface area contributed by atoms with E-state index in [0.717, 1.165) is 17.1 Å². The molecule has 0 bridgehead atoms. The van der Waals surface area contributed by atoms with E-state index in [1.807, 2.05) is 49.0 Å². The van der Waals surface area contributed by atoms with E-state index in [1.165, 1.54) is 0 Å². The second-order valence-electron chi connectivity index (χ2n) is 3.96. The fourth-order valence-corrected chi connectivity index (χ4v) is 1.86. The number of aromatic nitrogens is 2. The number of aryl methyl sites for hydroxylation is 1. The molecule has 92 valence electrons. The Morgan fingerprint density at radius 1 is 1.39 bits per heavy atom. The summed E-state index contributed by atoms with van der Waals surface area (Å²) in [4.78, 5) is 4.23. The van der Waals surface area contributed by atoms with Crippen molar-refractivity contribution in [1.29, 1.82) is 5.26 Å². The topological polar surface area (TPSA) is 50.8 Å². The van der Waals surface area contributed by atoms with E-state index >= 15 is 0 Å². The van der Waals surface area contributed by atoms with Crippen LogP contribution in [0.2, 0.25) is 0 Å². The smallest absolute Gasteiger partial charge is 0.130 e. The first-order valence-electron chi connectivity index (χ1n) is 5.86. The van der Waals surface area contributed by atoms with Gasteiger partial charge in [-0.15, -0.1) is 0 Å². The SMILES string of the molecule is CCOc1ccc(C(C#N)c2nccn2C)cc1. The summed E-state index contributed by atoms with van der Waals surface area (Å²) < 4.78 is 7.25. The number of ether oxygens (including phenoxy) is 1. The zero-order valence-electron chi connectivity index (χ0n) is 10.5. The van der Waals surface area contributed by atoms with Crippen molar-refractivity contribution in [2.45, 2.75) is 12.8 Å². The van der Waals surface area contributed by atoms with Crippen LogP contribution >= 0.6 is 0 Å². The van der Waals surface area contributed by atoms with Gasteiger partial charge >= 0.3 is 0 Å². The Hall–Kier alpha value is -2.28. The van der Waals surface area contributed by atoms with Crippen LogP contribution in [0, 0.1) is 11.3 Å². The van der Waals surface area contributed by atoms with Crippen LogP contribution in [0.3, 0.4) is 0 Å². The van der Waals surface area contributed by atoms with Gasteiger partial charge in [-0.05, 0) is 24.6 Å². The highest BCUT2D eigenvalue weighted by Crippen LogP contribution is 2.24. The van der Waals surface area contributed by atoms with Gasteiger partial charge < -0.3 is 9.30 Å². The molecule has 0 aliphatic heterocycles. The Morgan fingerprint density at radius 2 is 2.11 bits per heavy atom. The summed E-state index contributed by atoms with van der Waals surface area (Å²) in [5.74, 6) is 1.22. The Bertz CT molecular complexity index is 551. The lowest BCUT2D eigenvalue weighted by Crippen LogP contribution is -2.05. The number of imidazole rings is 1. The first-order valence-corrected chi connectivity index (χ1v) is 5.86. The molecule has 0 aliphatic carbocycles. The highest BCUT2D eigenvalue weighted by atomic mass is 16.5. The molecule has 0 fully saturated rings. The average Bonchev–Trinajstić information content (AvgIpc) is 2.79.